The molecule has 1 atom stereocenters. The number of halogens is 1. The standard InChI is InChI=1S/C11H14N4.ClH/c1-9-8-15(5-4-13-9)11-6-10(7-12)2-3-14-11;/h2-3,6,9,13H,4-5,8H2,1H3;1H. The predicted octanol–water partition coefficient (Wildman–Crippen LogP) is 1.17. The van der Waals surface area contributed by atoms with E-state index in [-0.39, 0.29) is 12.4 Å². The first kappa shape index (κ1) is 12.8. The number of nitrogens with zero attached hydrogens (tertiary/aromatic N) is 3. The fourth-order valence-electron chi connectivity index (χ4n) is 1.80. The average molecular weight is 239 g/mol. The number of piperazine rings is 1. The Morgan fingerprint density at radius 3 is 3.12 bits per heavy atom. The summed E-state index contributed by atoms with van der Waals surface area (Å²) in [5, 5.41) is 12.2. The zero-order chi connectivity index (χ0) is 10.7. The van der Waals surface area contributed by atoms with Crippen molar-refractivity contribution >= 4 is 18.2 Å². The number of pyridine rings is 1. The van der Waals surface area contributed by atoms with Crippen molar-refractivity contribution in [3.05, 3.63) is 23.9 Å². The molecule has 4 nitrogen and oxygen atoms in total. The molecule has 1 N–H and O–H groups in total. The summed E-state index contributed by atoms with van der Waals surface area (Å²) in [6.45, 7) is 5.02. The van der Waals surface area contributed by atoms with Gasteiger partial charge < -0.3 is 10.2 Å². The second kappa shape index (κ2) is 5.69. The number of nitrogens with one attached hydrogen (secondary N) is 1. The van der Waals surface area contributed by atoms with Crippen molar-refractivity contribution in [2.45, 2.75) is 13.0 Å². The average Bonchev–Trinajstić information content (AvgIpc) is 2.29. The summed E-state index contributed by atoms with van der Waals surface area (Å²) in [6.07, 6.45) is 1.70. The second-order valence-corrected chi connectivity index (χ2v) is 3.82. The van der Waals surface area contributed by atoms with Crippen LogP contribution >= 0.6 is 12.4 Å². The van der Waals surface area contributed by atoms with Gasteiger partial charge in [0.25, 0.3) is 0 Å². The number of aromatic nitrogens is 1. The first-order valence-electron chi connectivity index (χ1n) is 5.14. The first-order chi connectivity index (χ1) is 7.29. The normalized spacial score (nSPS) is 19.8. The third kappa shape index (κ3) is 2.84. The summed E-state index contributed by atoms with van der Waals surface area (Å²) < 4.78 is 0. The van der Waals surface area contributed by atoms with E-state index in [9.17, 15) is 0 Å². The summed E-state index contributed by atoms with van der Waals surface area (Å²) in [7, 11) is 0. The molecule has 5 heteroatoms. The van der Waals surface area contributed by atoms with Crippen LogP contribution in [0.4, 0.5) is 5.82 Å². The molecule has 2 rings (SSSR count). The minimum Gasteiger partial charge on any atom is -0.354 e. The van der Waals surface area contributed by atoms with E-state index < -0.39 is 0 Å². The van der Waals surface area contributed by atoms with E-state index in [1.54, 1.807) is 12.3 Å². The second-order valence-electron chi connectivity index (χ2n) is 3.82. The summed E-state index contributed by atoms with van der Waals surface area (Å²) in [6, 6.07) is 6.19. The van der Waals surface area contributed by atoms with Gasteiger partial charge in [0, 0.05) is 31.9 Å². The topological polar surface area (TPSA) is 52.0 Å². The van der Waals surface area contributed by atoms with Gasteiger partial charge in [-0.1, -0.05) is 0 Å². The van der Waals surface area contributed by atoms with Crippen molar-refractivity contribution in [3.8, 4) is 6.07 Å². The van der Waals surface area contributed by atoms with Crippen LogP contribution in [0, 0.1) is 11.3 Å². The zero-order valence-electron chi connectivity index (χ0n) is 9.18. The Morgan fingerprint density at radius 2 is 2.44 bits per heavy atom. The van der Waals surface area contributed by atoms with Crippen LogP contribution in [0.5, 0.6) is 0 Å². The Kier molecular flexibility index (Phi) is 4.53. The third-order valence-electron chi connectivity index (χ3n) is 2.57. The van der Waals surface area contributed by atoms with Crippen LogP contribution in [0.3, 0.4) is 0 Å². The van der Waals surface area contributed by atoms with Crippen LogP contribution < -0.4 is 10.2 Å². The van der Waals surface area contributed by atoms with E-state index in [1.165, 1.54) is 0 Å². The molecule has 1 aromatic rings. The van der Waals surface area contributed by atoms with E-state index in [2.05, 4.69) is 28.2 Å². The first-order valence-corrected chi connectivity index (χ1v) is 5.14. The Bertz CT molecular complexity index is 388. The van der Waals surface area contributed by atoms with Crippen molar-refractivity contribution < 1.29 is 0 Å². The molecule has 0 aliphatic carbocycles. The molecule has 1 aliphatic heterocycles. The van der Waals surface area contributed by atoms with Gasteiger partial charge >= 0.3 is 0 Å². The lowest BCUT2D eigenvalue weighted by molar-refractivity contribution is 0.482. The lowest BCUT2D eigenvalue weighted by Gasteiger charge is -2.32. The van der Waals surface area contributed by atoms with Gasteiger partial charge in [-0.15, -0.1) is 12.4 Å². The van der Waals surface area contributed by atoms with E-state index >= 15 is 0 Å². The molecule has 0 spiro atoms. The summed E-state index contributed by atoms with van der Waals surface area (Å²) in [5.74, 6) is 0.905. The zero-order valence-corrected chi connectivity index (χ0v) is 10.00. The monoisotopic (exact) mass is 238 g/mol. The fraction of sp³-hybridized carbons (Fsp3) is 0.455. The Labute approximate surface area is 102 Å². The highest BCUT2D eigenvalue weighted by atomic mass is 35.5. The van der Waals surface area contributed by atoms with Gasteiger partial charge in [0.15, 0.2) is 0 Å². The highest BCUT2D eigenvalue weighted by Gasteiger charge is 2.16. The number of nitriles is 1. The van der Waals surface area contributed by atoms with Crippen LogP contribution in [0.1, 0.15) is 12.5 Å². The summed E-state index contributed by atoms with van der Waals surface area (Å²) in [5.41, 5.74) is 0.672. The maximum atomic E-state index is 8.80. The van der Waals surface area contributed by atoms with Crippen molar-refractivity contribution in [2.24, 2.45) is 0 Å². The van der Waals surface area contributed by atoms with Crippen LogP contribution in [0.25, 0.3) is 0 Å². The molecule has 1 fully saturated rings. The molecular weight excluding hydrogens is 224 g/mol. The van der Waals surface area contributed by atoms with Crippen molar-refractivity contribution in [2.75, 3.05) is 24.5 Å². The molecule has 2 heterocycles. The summed E-state index contributed by atoms with van der Waals surface area (Å²) in [4.78, 5) is 6.50. The quantitative estimate of drug-likeness (QED) is 0.798. The summed E-state index contributed by atoms with van der Waals surface area (Å²) >= 11 is 0. The van der Waals surface area contributed by atoms with Crippen LogP contribution in [0.2, 0.25) is 0 Å². The number of rotatable bonds is 1. The number of anilines is 1. The predicted molar refractivity (Wildman–Crippen MR) is 65.9 cm³/mol. The van der Waals surface area contributed by atoms with Crippen LogP contribution in [-0.2, 0) is 0 Å². The molecule has 1 aromatic heterocycles. The van der Waals surface area contributed by atoms with E-state index in [1.807, 2.05) is 6.07 Å². The fourth-order valence-corrected chi connectivity index (χ4v) is 1.80. The van der Waals surface area contributed by atoms with Gasteiger partial charge in [0.05, 0.1) is 11.6 Å². The van der Waals surface area contributed by atoms with Crippen LogP contribution in [-0.4, -0.2) is 30.7 Å². The molecule has 0 bridgehead atoms. The SMILES string of the molecule is CC1CN(c2cc(C#N)ccn2)CCN1.Cl. The Balaban J connectivity index is 0.00000128. The van der Waals surface area contributed by atoms with E-state index in [0.717, 1.165) is 25.5 Å². The molecule has 86 valence electrons. The van der Waals surface area contributed by atoms with Gasteiger partial charge in [-0.05, 0) is 19.1 Å². The van der Waals surface area contributed by atoms with Gasteiger partial charge in [0.1, 0.15) is 5.82 Å². The molecule has 1 aliphatic rings. The number of hydrogen-bond acceptors (Lipinski definition) is 4. The smallest absolute Gasteiger partial charge is 0.129 e. The Morgan fingerprint density at radius 1 is 1.62 bits per heavy atom. The molecule has 0 aromatic carbocycles. The van der Waals surface area contributed by atoms with Gasteiger partial charge in [-0.3, -0.25) is 0 Å². The van der Waals surface area contributed by atoms with Gasteiger partial charge in [-0.2, -0.15) is 5.26 Å². The number of hydrogen-bond donors (Lipinski definition) is 1. The Hall–Kier alpha value is -1.31. The maximum Gasteiger partial charge on any atom is 0.129 e. The van der Waals surface area contributed by atoms with Gasteiger partial charge in [0.2, 0.25) is 0 Å². The maximum absolute atomic E-state index is 8.80. The van der Waals surface area contributed by atoms with Crippen molar-refractivity contribution in [1.29, 1.82) is 5.26 Å². The van der Waals surface area contributed by atoms with Crippen LogP contribution in [0.15, 0.2) is 18.3 Å². The molecule has 16 heavy (non-hydrogen) atoms. The van der Waals surface area contributed by atoms with E-state index in [0.29, 0.717) is 11.6 Å². The highest BCUT2D eigenvalue weighted by Crippen LogP contribution is 2.13. The highest BCUT2D eigenvalue weighted by molar-refractivity contribution is 5.85. The molecule has 0 amide bonds. The third-order valence-corrected chi connectivity index (χ3v) is 2.57. The minimum atomic E-state index is 0. The molecular formula is C11H15ClN4. The van der Waals surface area contributed by atoms with Crippen molar-refractivity contribution in [3.63, 3.8) is 0 Å². The minimum absolute atomic E-state index is 0. The molecule has 1 saturated heterocycles. The largest absolute Gasteiger partial charge is 0.354 e. The lowest BCUT2D eigenvalue weighted by Crippen LogP contribution is -2.49. The van der Waals surface area contributed by atoms with E-state index in [4.69, 9.17) is 5.26 Å². The molecule has 1 unspecified atom stereocenters. The van der Waals surface area contributed by atoms with Gasteiger partial charge in [-0.25, -0.2) is 4.98 Å². The van der Waals surface area contributed by atoms with Crippen molar-refractivity contribution in [1.82, 2.24) is 10.3 Å². The molecule has 0 radical (unpaired) electrons. The lowest BCUT2D eigenvalue weighted by atomic mass is 10.2. The molecule has 0 saturated carbocycles.